The van der Waals surface area contributed by atoms with Crippen molar-refractivity contribution in [3.05, 3.63) is 12.2 Å². The maximum absolute atomic E-state index is 12.0. The quantitative estimate of drug-likeness (QED) is 0.551. The fourth-order valence-electron chi connectivity index (χ4n) is 3.77. The van der Waals surface area contributed by atoms with Crippen LogP contribution in [0, 0.1) is 11.3 Å². The Balaban J connectivity index is 1.51. The maximum Gasteiger partial charge on any atom is 0.306 e. The van der Waals surface area contributed by atoms with Crippen LogP contribution in [0.25, 0.3) is 0 Å². The number of hydrogen-bond donors (Lipinski definition) is 0. The highest BCUT2D eigenvalue weighted by molar-refractivity contribution is 5.71. The molecule has 0 spiro atoms. The van der Waals surface area contributed by atoms with Gasteiger partial charge in [0.15, 0.2) is 0 Å². The first-order valence-corrected chi connectivity index (χ1v) is 7.15. The van der Waals surface area contributed by atoms with Crippen LogP contribution in [0.15, 0.2) is 12.2 Å². The van der Waals surface area contributed by atoms with Gasteiger partial charge in [0.25, 0.3) is 0 Å². The molecule has 0 radical (unpaired) electrons. The molecule has 0 aliphatic heterocycles. The molecule has 2 unspecified atom stereocenters. The molecule has 0 aromatic carbocycles. The monoisotopic (exact) mass is 234 g/mol. The van der Waals surface area contributed by atoms with Crippen molar-refractivity contribution in [1.29, 1.82) is 0 Å². The molecule has 94 valence electrons. The summed E-state index contributed by atoms with van der Waals surface area (Å²) < 4.78 is 5.63. The highest BCUT2D eigenvalue weighted by Gasteiger charge is 2.42. The van der Waals surface area contributed by atoms with Gasteiger partial charge in [0.2, 0.25) is 0 Å². The zero-order valence-electron chi connectivity index (χ0n) is 10.5. The summed E-state index contributed by atoms with van der Waals surface area (Å²) in [6.07, 6.45) is 15.0. The highest BCUT2D eigenvalue weighted by atomic mass is 16.5. The van der Waals surface area contributed by atoms with Crippen LogP contribution in [0.3, 0.4) is 0 Å². The average molecular weight is 234 g/mol. The van der Waals surface area contributed by atoms with Gasteiger partial charge in [-0.3, -0.25) is 4.79 Å². The van der Waals surface area contributed by atoms with Crippen LogP contribution in [0.5, 0.6) is 0 Å². The number of allylic oxidation sites excluding steroid dienone is 2. The number of esters is 1. The van der Waals surface area contributed by atoms with Gasteiger partial charge < -0.3 is 4.74 Å². The summed E-state index contributed by atoms with van der Waals surface area (Å²) in [4.78, 5) is 12.0. The summed E-state index contributed by atoms with van der Waals surface area (Å²) in [6, 6.07) is 0. The van der Waals surface area contributed by atoms with E-state index in [1.165, 1.54) is 38.5 Å². The average Bonchev–Trinajstić information content (AvgIpc) is 2.89. The van der Waals surface area contributed by atoms with Gasteiger partial charge in [-0.2, -0.15) is 0 Å². The van der Waals surface area contributed by atoms with Crippen LogP contribution in [-0.2, 0) is 9.53 Å². The van der Waals surface area contributed by atoms with E-state index in [9.17, 15) is 4.79 Å². The van der Waals surface area contributed by atoms with Crippen molar-refractivity contribution >= 4 is 5.97 Å². The third-order valence-corrected chi connectivity index (χ3v) is 4.75. The second kappa shape index (κ2) is 4.47. The molecule has 0 heterocycles. The van der Waals surface area contributed by atoms with Gasteiger partial charge in [0, 0.05) is 0 Å². The lowest BCUT2D eigenvalue weighted by atomic mass is 9.84. The number of rotatable bonds is 3. The Hall–Kier alpha value is -0.790. The van der Waals surface area contributed by atoms with E-state index in [0.29, 0.717) is 6.42 Å². The predicted molar refractivity (Wildman–Crippen MR) is 66.5 cm³/mol. The number of fused-ring (bicyclic) bond motifs is 2. The van der Waals surface area contributed by atoms with E-state index >= 15 is 0 Å². The Morgan fingerprint density at radius 3 is 2.65 bits per heavy atom. The minimum absolute atomic E-state index is 0.0455. The summed E-state index contributed by atoms with van der Waals surface area (Å²) in [5.41, 5.74) is 0.177. The standard InChI is InChI=1S/C15H22O2/c16-14(17-13-4-2-1-3-5-13)11-15-8-6-12(10-15)7-9-15/h6,8,12-13H,1-5,7,9-11H2. The van der Waals surface area contributed by atoms with Gasteiger partial charge in [-0.05, 0) is 56.3 Å². The molecule has 2 atom stereocenters. The van der Waals surface area contributed by atoms with Crippen LogP contribution >= 0.6 is 0 Å². The number of ether oxygens (including phenoxy) is 1. The number of hydrogen-bond acceptors (Lipinski definition) is 2. The lowest BCUT2D eigenvalue weighted by molar-refractivity contribution is -0.152. The van der Waals surface area contributed by atoms with E-state index in [1.807, 2.05) is 0 Å². The van der Waals surface area contributed by atoms with E-state index in [0.717, 1.165) is 18.8 Å². The third-order valence-electron chi connectivity index (χ3n) is 4.75. The summed E-state index contributed by atoms with van der Waals surface area (Å²) >= 11 is 0. The Morgan fingerprint density at radius 2 is 2.06 bits per heavy atom. The molecule has 17 heavy (non-hydrogen) atoms. The molecule has 0 saturated heterocycles. The molecule has 0 amide bonds. The Labute approximate surface area is 103 Å². The summed E-state index contributed by atoms with van der Waals surface area (Å²) in [5, 5.41) is 0. The van der Waals surface area contributed by atoms with Crippen LogP contribution in [-0.4, -0.2) is 12.1 Å². The second-order valence-electron chi connectivity index (χ2n) is 6.15. The molecule has 3 aliphatic carbocycles. The number of carbonyl (C=O) groups excluding carboxylic acids is 1. The van der Waals surface area contributed by atoms with Gasteiger partial charge in [-0.15, -0.1) is 0 Å². The summed E-state index contributed by atoms with van der Waals surface area (Å²) in [5.74, 6) is 0.793. The molecule has 2 saturated carbocycles. The van der Waals surface area contributed by atoms with Gasteiger partial charge in [0.05, 0.1) is 6.42 Å². The fraction of sp³-hybridized carbons (Fsp3) is 0.800. The van der Waals surface area contributed by atoms with Crippen molar-refractivity contribution in [2.75, 3.05) is 0 Å². The molecule has 3 rings (SSSR count). The van der Waals surface area contributed by atoms with Crippen molar-refractivity contribution < 1.29 is 9.53 Å². The largest absolute Gasteiger partial charge is 0.462 e. The second-order valence-corrected chi connectivity index (χ2v) is 6.15. The maximum atomic E-state index is 12.0. The Morgan fingerprint density at radius 1 is 1.24 bits per heavy atom. The smallest absolute Gasteiger partial charge is 0.306 e. The van der Waals surface area contributed by atoms with E-state index in [-0.39, 0.29) is 17.5 Å². The van der Waals surface area contributed by atoms with Crippen LogP contribution < -0.4 is 0 Å². The van der Waals surface area contributed by atoms with E-state index < -0.39 is 0 Å². The molecule has 2 fully saturated rings. The van der Waals surface area contributed by atoms with Gasteiger partial charge >= 0.3 is 5.97 Å². The summed E-state index contributed by atoms with van der Waals surface area (Å²) in [6.45, 7) is 0. The number of carbonyl (C=O) groups is 1. The molecule has 3 aliphatic rings. The molecule has 0 aromatic rings. The van der Waals surface area contributed by atoms with Crippen LogP contribution in [0.1, 0.15) is 57.8 Å². The highest BCUT2D eigenvalue weighted by Crippen LogP contribution is 2.51. The minimum atomic E-state index is 0.0455. The van der Waals surface area contributed by atoms with Gasteiger partial charge in [-0.1, -0.05) is 18.6 Å². The minimum Gasteiger partial charge on any atom is -0.462 e. The molecule has 2 nitrogen and oxygen atoms in total. The molecule has 2 bridgehead atoms. The first-order chi connectivity index (χ1) is 8.26. The van der Waals surface area contributed by atoms with E-state index in [4.69, 9.17) is 4.74 Å². The topological polar surface area (TPSA) is 26.3 Å². The van der Waals surface area contributed by atoms with E-state index in [2.05, 4.69) is 12.2 Å². The van der Waals surface area contributed by atoms with Crippen molar-refractivity contribution in [3.8, 4) is 0 Å². The van der Waals surface area contributed by atoms with Crippen molar-refractivity contribution in [2.24, 2.45) is 11.3 Å². The molecular formula is C15H22O2. The van der Waals surface area contributed by atoms with Gasteiger partial charge in [-0.25, -0.2) is 0 Å². The normalized spacial score (nSPS) is 36.4. The molecule has 0 aromatic heterocycles. The predicted octanol–water partition coefficient (Wildman–Crippen LogP) is 3.61. The Bertz CT molecular complexity index is 328. The summed E-state index contributed by atoms with van der Waals surface area (Å²) in [7, 11) is 0. The molecular weight excluding hydrogens is 212 g/mol. The fourth-order valence-corrected chi connectivity index (χ4v) is 3.77. The van der Waals surface area contributed by atoms with Crippen LogP contribution in [0.2, 0.25) is 0 Å². The zero-order valence-corrected chi connectivity index (χ0v) is 10.5. The Kier molecular flexibility index (Phi) is 2.97. The first-order valence-electron chi connectivity index (χ1n) is 7.15. The van der Waals surface area contributed by atoms with Crippen molar-refractivity contribution in [3.63, 3.8) is 0 Å². The third kappa shape index (κ3) is 2.41. The van der Waals surface area contributed by atoms with Crippen molar-refractivity contribution in [1.82, 2.24) is 0 Å². The lowest BCUT2D eigenvalue weighted by Crippen LogP contribution is -2.25. The van der Waals surface area contributed by atoms with Crippen LogP contribution in [0.4, 0.5) is 0 Å². The molecule has 0 N–H and O–H groups in total. The first kappa shape index (κ1) is 11.3. The van der Waals surface area contributed by atoms with E-state index in [1.54, 1.807) is 0 Å². The zero-order chi connectivity index (χ0) is 11.7. The lowest BCUT2D eigenvalue weighted by Gasteiger charge is -2.26. The van der Waals surface area contributed by atoms with Crippen molar-refractivity contribution in [2.45, 2.75) is 63.9 Å². The van der Waals surface area contributed by atoms with Gasteiger partial charge in [0.1, 0.15) is 6.10 Å². The molecule has 2 heteroatoms. The SMILES string of the molecule is O=C(CC12C=CC(CC1)C2)OC1CCCCC1.